The van der Waals surface area contributed by atoms with Crippen LogP contribution < -0.4 is 5.32 Å². The van der Waals surface area contributed by atoms with Crippen LogP contribution in [0.25, 0.3) is 38.6 Å². The number of allylic oxidation sites excluding steroid dienone is 15. The summed E-state index contributed by atoms with van der Waals surface area (Å²) in [4.78, 5) is 0. The van der Waals surface area contributed by atoms with Gasteiger partial charge in [0.2, 0.25) is 0 Å². The van der Waals surface area contributed by atoms with E-state index in [0.717, 1.165) is 48.6 Å². The lowest BCUT2D eigenvalue weighted by Crippen LogP contribution is -2.24. The van der Waals surface area contributed by atoms with Gasteiger partial charge in [0.25, 0.3) is 0 Å². The van der Waals surface area contributed by atoms with Crippen LogP contribution in [0, 0.1) is 17.8 Å². The van der Waals surface area contributed by atoms with Crippen molar-refractivity contribution in [1.82, 2.24) is 4.57 Å². The lowest BCUT2D eigenvalue weighted by atomic mass is 9.69. The molecule has 2 nitrogen and oxygen atoms in total. The number of para-hydroxylation sites is 1. The normalized spacial score (nSPS) is 22.6. The molecule has 0 amide bonds. The molecule has 1 N–H and O–H groups in total. The van der Waals surface area contributed by atoms with E-state index < -0.39 is 0 Å². The van der Waals surface area contributed by atoms with E-state index >= 15 is 0 Å². The summed E-state index contributed by atoms with van der Waals surface area (Å²) < 4.78 is 16.2. The molecule has 1 heterocycles. The van der Waals surface area contributed by atoms with Crippen LogP contribution >= 0.6 is 0 Å². The minimum Gasteiger partial charge on any atom is -0.382 e. The molecule has 8 rings (SSSR count). The molecule has 0 spiro atoms. The average molecular weight is 687 g/mol. The molecule has 3 aromatic carbocycles. The van der Waals surface area contributed by atoms with Gasteiger partial charge in [-0.3, -0.25) is 0 Å². The van der Waals surface area contributed by atoms with Gasteiger partial charge in [0, 0.05) is 41.0 Å². The zero-order valence-electron chi connectivity index (χ0n) is 30.8. The Hall–Kier alpha value is -4.89. The molecule has 4 aliphatic rings. The summed E-state index contributed by atoms with van der Waals surface area (Å²) in [5, 5.41) is 6.12. The van der Waals surface area contributed by atoms with Crippen molar-refractivity contribution in [2.24, 2.45) is 17.8 Å². The second-order valence-electron chi connectivity index (χ2n) is 15.2. The first-order chi connectivity index (χ1) is 25.5. The number of fused-ring (bicyclic) bond motifs is 3. The van der Waals surface area contributed by atoms with E-state index in [2.05, 4.69) is 139 Å². The van der Waals surface area contributed by atoms with Gasteiger partial charge in [-0.15, -0.1) is 0 Å². The van der Waals surface area contributed by atoms with Crippen LogP contribution in [-0.2, 0) is 0 Å². The van der Waals surface area contributed by atoms with Crippen LogP contribution in [0.5, 0.6) is 0 Å². The predicted molar refractivity (Wildman–Crippen MR) is 221 cm³/mol. The fourth-order valence-corrected chi connectivity index (χ4v) is 9.07. The zero-order chi connectivity index (χ0) is 35.4. The third-order valence-electron chi connectivity index (χ3n) is 11.8. The summed E-state index contributed by atoms with van der Waals surface area (Å²) in [5.74, 6) is 1.92. The fourth-order valence-electron chi connectivity index (χ4n) is 9.07. The topological polar surface area (TPSA) is 17.0 Å². The van der Waals surface area contributed by atoms with Crippen molar-refractivity contribution in [3.63, 3.8) is 0 Å². The van der Waals surface area contributed by atoms with E-state index in [4.69, 9.17) is 0 Å². The Kier molecular flexibility index (Phi) is 10.1. The third-order valence-corrected chi connectivity index (χ3v) is 11.8. The number of hydrogen-bond donors (Lipinski definition) is 1. The van der Waals surface area contributed by atoms with Crippen LogP contribution in [0.1, 0.15) is 71.6 Å². The Labute approximate surface area is 309 Å². The molecule has 3 atom stereocenters. The Balaban J connectivity index is 1.00. The maximum Gasteiger partial charge on any atom is 0.100 e. The number of aromatic nitrogens is 1. The number of benzene rings is 3. The van der Waals surface area contributed by atoms with Gasteiger partial charge < -0.3 is 9.88 Å². The Morgan fingerprint density at radius 3 is 2.50 bits per heavy atom. The first-order valence-corrected chi connectivity index (χ1v) is 19.6. The third kappa shape index (κ3) is 7.11. The number of rotatable bonds is 9. The van der Waals surface area contributed by atoms with E-state index in [9.17, 15) is 4.39 Å². The molecule has 1 saturated carbocycles. The molecule has 1 fully saturated rings. The minimum absolute atomic E-state index is 0.0464. The molecule has 1 aromatic heterocycles. The van der Waals surface area contributed by atoms with Crippen molar-refractivity contribution in [3.05, 3.63) is 156 Å². The molecule has 0 aliphatic heterocycles. The summed E-state index contributed by atoms with van der Waals surface area (Å²) in [7, 11) is 0. The van der Waals surface area contributed by atoms with Crippen LogP contribution in [0.4, 0.5) is 10.1 Å². The van der Waals surface area contributed by atoms with Crippen LogP contribution in [-0.4, -0.2) is 11.1 Å². The van der Waals surface area contributed by atoms with Crippen LogP contribution in [0.3, 0.4) is 0 Å². The van der Waals surface area contributed by atoms with Crippen molar-refractivity contribution >= 4 is 33.2 Å². The summed E-state index contributed by atoms with van der Waals surface area (Å²) in [6.45, 7) is 5.57. The number of nitrogens with one attached hydrogen (secondary N) is 1. The number of anilines is 1. The molecule has 4 aromatic rings. The van der Waals surface area contributed by atoms with Gasteiger partial charge in [-0.05, 0) is 116 Å². The Morgan fingerprint density at radius 1 is 0.865 bits per heavy atom. The number of hydrogen-bond acceptors (Lipinski definition) is 1. The molecule has 52 heavy (non-hydrogen) atoms. The van der Waals surface area contributed by atoms with Crippen molar-refractivity contribution in [1.29, 1.82) is 0 Å². The number of halogens is 1. The highest BCUT2D eigenvalue weighted by atomic mass is 19.1. The zero-order valence-corrected chi connectivity index (χ0v) is 30.8. The second kappa shape index (κ2) is 15.4. The largest absolute Gasteiger partial charge is 0.382 e. The Morgan fingerprint density at radius 2 is 1.69 bits per heavy atom. The van der Waals surface area contributed by atoms with Gasteiger partial charge in [-0.1, -0.05) is 122 Å². The van der Waals surface area contributed by atoms with Gasteiger partial charge in [0.15, 0.2) is 0 Å². The maximum atomic E-state index is 13.8. The molecule has 0 radical (unpaired) electrons. The molecule has 0 bridgehead atoms. The standard InChI is InChI=1S/C49H51FN2/c1-34-11-6-7-16-44(34)49-35(2)12-10-15-39(49)20-19-38(36-13-4-3-5-14-36)31-32-51-42-26-21-37(22-27-42)40-23-30-48-46(33-40)45-17-8-9-18-47(45)52(48)43-28-24-41(50)25-29-43/h4,8-10,12-14,17-24,26-28,30-31,33-34,39,44,51H,3,5-7,11,15-16,25,29,32H2,1-2H3/b20-19-,38-31+. The van der Waals surface area contributed by atoms with Crippen LogP contribution in [0.2, 0.25) is 0 Å². The second-order valence-corrected chi connectivity index (χ2v) is 15.2. The highest BCUT2D eigenvalue weighted by Gasteiger charge is 2.30. The summed E-state index contributed by atoms with van der Waals surface area (Å²) in [5.41, 5.74) is 12.8. The van der Waals surface area contributed by atoms with Gasteiger partial charge in [-0.2, -0.15) is 0 Å². The lowest BCUT2D eigenvalue weighted by molar-refractivity contribution is 0.278. The predicted octanol–water partition coefficient (Wildman–Crippen LogP) is 13.8. The highest BCUT2D eigenvalue weighted by molar-refractivity contribution is 6.11. The summed E-state index contributed by atoms with van der Waals surface area (Å²) in [6.07, 6.45) is 32.5. The average Bonchev–Trinajstić information content (AvgIpc) is 3.51. The van der Waals surface area contributed by atoms with E-state index in [1.54, 1.807) is 11.6 Å². The van der Waals surface area contributed by atoms with E-state index in [1.165, 1.54) is 69.8 Å². The summed E-state index contributed by atoms with van der Waals surface area (Å²) >= 11 is 0. The van der Waals surface area contributed by atoms with Gasteiger partial charge in [0.05, 0.1) is 11.0 Å². The first kappa shape index (κ1) is 34.2. The Bertz CT molecular complexity index is 2210. The first-order valence-electron chi connectivity index (χ1n) is 19.6. The van der Waals surface area contributed by atoms with Gasteiger partial charge in [-0.25, -0.2) is 4.39 Å². The van der Waals surface area contributed by atoms with Crippen molar-refractivity contribution in [2.45, 2.75) is 71.6 Å². The van der Waals surface area contributed by atoms with Gasteiger partial charge in [0.1, 0.15) is 5.83 Å². The molecular weight excluding hydrogens is 636 g/mol. The van der Waals surface area contributed by atoms with E-state index in [-0.39, 0.29) is 5.83 Å². The summed E-state index contributed by atoms with van der Waals surface area (Å²) in [6, 6.07) is 24.1. The number of nitrogens with zero attached hydrogens (tertiary/aromatic N) is 1. The highest BCUT2D eigenvalue weighted by Crippen LogP contribution is 2.43. The minimum atomic E-state index is -0.0464. The fraction of sp³-hybridized carbons (Fsp3) is 0.306. The van der Waals surface area contributed by atoms with Crippen LogP contribution in [0.15, 0.2) is 156 Å². The molecule has 0 saturated heterocycles. The smallest absolute Gasteiger partial charge is 0.100 e. The maximum absolute atomic E-state index is 13.8. The van der Waals surface area contributed by atoms with E-state index in [1.807, 2.05) is 6.08 Å². The quantitative estimate of drug-likeness (QED) is 0.173. The molecule has 3 unspecified atom stereocenters. The van der Waals surface area contributed by atoms with Gasteiger partial charge >= 0.3 is 0 Å². The molecule has 3 heteroatoms. The molecule has 264 valence electrons. The van der Waals surface area contributed by atoms with E-state index in [0.29, 0.717) is 24.7 Å². The SMILES string of the molecule is CC1=C(C2CCCCC2C)C(/C=C\C(=C/CNc2ccc(-c3ccc4c(c3)c3ccccc3n4C3=CC=C(F)CC3)cc2)C2=CCCC=C2)CC=C1. The van der Waals surface area contributed by atoms with Crippen molar-refractivity contribution in [2.75, 3.05) is 11.9 Å². The monoisotopic (exact) mass is 686 g/mol. The van der Waals surface area contributed by atoms with Crippen molar-refractivity contribution < 1.29 is 4.39 Å². The molecular formula is C49H51FN2. The molecule has 4 aliphatic carbocycles. The lowest BCUT2D eigenvalue weighted by Gasteiger charge is -2.36. The van der Waals surface area contributed by atoms with Crippen molar-refractivity contribution in [3.8, 4) is 11.1 Å².